The van der Waals surface area contributed by atoms with Gasteiger partial charge in [0.1, 0.15) is 0 Å². The second-order valence-electron chi connectivity index (χ2n) is 5.38. The van der Waals surface area contributed by atoms with Crippen molar-refractivity contribution in [3.8, 4) is 5.69 Å². The summed E-state index contributed by atoms with van der Waals surface area (Å²) in [4.78, 5) is 0. The van der Waals surface area contributed by atoms with Crippen molar-refractivity contribution >= 4 is 11.6 Å². The Morgan fingerprint density at radius 2 is 2.14 bits per heavy atom. The molecule has 0 amide bonds. The molecule has 114 valence electrons. The molecule has 0 radical (unpaired) electrons. The van der Waals surface area contributed by atoms with Crippen LogP contribution in [0.1, 0.15) is 37.6 Å². The zero-order valence-electron chi connectivity index (χ0n) is 12.7. The number of halogens is 1. The summed E-state index contributed by atoms with van der Waals surface area (Å²) in [6.45, 7) is 6.43. The maximum absolute atomic E-state index is 8.98. The summed E-state index contributed by atoms with van der Waals surface area (Å²) in [5, 5.41) is 17.6. The summed E-state index contributed by atoms with van der Waals surface area (Å²) >= 11 is 6.04. The van der Waals surface area contributed by atoms with Crippen LogP contribution in [0.2, 0.25) is 5.02 Å². The van der Waals surface area contributed by atoms with Gasteiger partial charge in [0.2, 0.25) is 0 Å². The average molecular weight is 308 g/mol. The first-order chi connectivity index (χ1) is 10.0. The highest BCUT2D eigenvalue weighted by Crippen LogP contribution is 2.22. The molecule has 5 heteroatoms. The van der Waals surface area contributed by atoms with Gasteiger partial charge in [0.25, 0.3) is 0 Å². The predicted octanol–water partition coefficient (Wildman–Crippen LogP) is 3.26. The molecular formula is C16H22ClN3O. The number of aliphatic hydroxyl groups excluding tert-OH is 1. The van der Waals surface area contributed by atoms with E-state index in [4.69, 9.17) is 16.7 Å². The van der Waals surface area contributed by atoms with Crippen LogP contribution in [0.15, 0.2) is 30.5 Å². The maximum atomic E-state index is 8.98. The molecule has 1 aromatic heterocycles. The number of benzene rings is 1. The van der Waals surface area contributed by atoms with Crippen molar-refractivity contribution in [3.05, 3.63) is 46.7 Å². The standard InChI is InChI=1S/C16H22ClN3O/c1-11(7-8-21)19-12(2)16-10-18-20(13(16)3)15-6-4-5-14(17)9-15/h4-6,9-12,19,21H,7-8H2,1-3H3/t11-,12?/m1/s1. The summed E-state index contributed by atoms with van der Waals surface area (Å²) in [7, 11) is 0. The monoisotopic (exact) mass is 307 g/mol. The number of hydrogen-bond acceptors (Lipinski definition) is 3. The molecule has 0 aliphatic rings. The topological polar surface area (TPSA) is 50.1 Å². The highest BCUT2D eigenvalue weighted by molar-refractivity contribution is 6.30. The van der Waals surface area contributed by atoms with E-state index in [0.717, 1.165) is 23.4 Å². The van der Waals surface area contributed by atoms with Gasteiger partial charge in [-0.15, -0.1) is 0 Å². The summed E-state index contributed by atoms with van der Waals surface area (Å²) in [5.41, 5.74) is 3.20. The Kier molecular flexibility index (Phi) is 5.39. The van der Waals surface area contributed by atoms with Crippen molar-refractivity contribution in [3.63, 3.8) is 0 Å². The fraction of sp³-hybridized carbons (Fsp3) is 0.438. The molecule has 4 nitrogen and oxygen atoms in total. The molecule has 2 atom stereocenters. The first kappa shape index (κ1) is 16.0. The smallest absolute Gasteiger partial charge is 0.0663 e. The normalized spacial score (nSPS) is 14.1. The second-order valence-corrected chi connectivity index (χ2v) is 5.82. The molecule has 2 aromatic rings. The van der Waals surface area contributed by atoms with Crippen LogP contribution < -0.4 is 5.32 Å². The average Bonchev–Trinajstić information content (AvgIpc) is 2.81. The zero-order chi connectivity index (χ0) is 15.4. The third kappa shape index (κ3) is 3.84. The van der Waals surface area contributed by atoms with E-state index >= 15 is 0 Å². The van der Waals surface area contributed by atoms with Gasteiger partial charge >= 0.3 is 0 Å². The Labute approximate surface area is 130 Å². The minimum absolute atomic E-state index is 0.180. The third-order valence-electron chi connectivity index (χ3n) is 3.66. The van der Waals surface area contributed by atoms with E-state index in [1.54, 1.807) is 0 Å². The van der Waals surface area contributed by atoms with Gasteiger partial charge in [0, 0.05) is 35.0 Å². The molecule has 1 unspecified atom stereocenters. The molecule has 0 saturated heterocycles. The van der Waals surface area contributed by atoms with E-state index in [1.807, 2.05) is 35.1 Å². The van der Waals surface area contributed by atoms with Crippen molar-refractivity contribution in [1.82, 2.24) is 15.1 Å². The van der Waals surface area contributed by atoms with Crippen LogP contribution in [-0.4, -0.2) is 27.5 Å². The van der Waals surface area contributed by atoms with E-state index in [0.29, 0.717) is 5.02 Å². The fourth-order valence-electron chi connectivity index (χ4n) is 2.51. The molecule has 1 heterocycles. The molecule has 0 bridgehead atoms. The highest BCUT2D eigenvalue weighted by Gasteiger charge is 2.16. The van der Waals surface area contributed by atoms with Crippen molar-refractivity contribution in [2.24, 2.45) is 0 Å². The van der Waals surface area contributed by atoms with Crippen molar-refractivity contribution in [1.29, 1.82) is 0 Å². The molecule has 21 heavy (non-hydrogen) atoms. The van der Waals surface area contributed by atoms with Crippen molar-refractivity contribution < 1.29 is 5.11 Å². The van der Waals surface area contributed by atoms with Crippen molar-refractivity contribution in [2.75, 3.05) is 6.61 Å². The zero-order valence-corrected chi connectivity index (χ0v) is 13.4. The number of rotatable bonds is 6. The molecule has 0 spiro atoms. The lowest BCUT2D eigenvalue weighted by atomic mass is 10.1. The van der Waals surface area contributed by atoms with E-state index in [1.165, 1.54) is 0 Å². The van der Waals surface area contributed by atoms with Gasteiger partial charge in [-0.1, -0.05) is 17.7 Å². The van der Waals surface area contributed by atoms with Gasteiger partial charge in [-0.3, -0.25) is 0 Å². The van der Waals surface area contributed by atoms with Gasteiger partial charge < -0.3 is 10.4 Å². The molecule has 2 rings (SSSR count). The number of hydrogen-bond donors (Lipinski definition) is 2. The number of aliphatic hydroxyl groups is 1. The molecule has 0 saturated carbocycles. The molecule has 1 aromatic carbocycles. The van der Waals surface area contributed by atoms with Gasteiger partial charge in [-0.05, 0) is 45.4 Å². The van der Waals surface area contributed by atoms with Crippen LogP contribution in [0.5, 0.6) is 0 Å². The molecule has 0 aliphatic heterocycles. The number of aromatic nitrogens is 2. The SMILES string of the molecule is Cc1c(C(C)N[C@H](C)CCO)cnn1-c1cccc(Cl)c1. The van der Waals surface area contributed by atoms with Gasteiger partial charge in [-0.25, -0.2) is 4.68 Å². The first-order valence-electron chi connectivity index (χ1n) is 7.20. The molecule has 2 N–H and O–H groups in total. The van der Waals surface area contributed by atoms with Gasteiger partial charge in [0.05, 0.1) is 11.9 Å². The van der Waals surface area contributed by atoms with E-state index < -0.39 is 0 Å². The van der Waals surface area contributed by atoms with E-state index in [9.17, 15) is 0 Å². The summed E-state index contributed by atoms with van der Waals surface area (Å²) in [6, 6.07) is 8.10. The largest absolute Gasteiger partial charge is 0.396 e. The Morgan fingerprint density at radius 3 is 2.81 bits per heavy atom. The Morgan fingerprint density at radius 1 is 1.38 bits per heavy atom. The lowest BCUT2D eigenvalue weighted by Crippen LogP contribution is -2.29. The summed E-state index contributed by atoms with van der Waals surface area (Å²) in [5.74, 6) is 0. The van der Waals surface area contributed by atoms with Crippen LogP contribution >= 0.6 is 11.6 Å². The number of nitrogens with zero attached hydrogens (tertiary/aromatic N) is 2. The Bertz CT molecular complexity index is 597. The summed E-state index contributed by atoms with van der Waals surface area (Å²) in [6.07, 6.45) is 2.63. The van der Waals surface area contributed by atoms with Gasteiger partial charge in [-0.2, -0.15) is 5.10 Å². The third-order valence-corrected chi connectivity index (χ3v) is 3.90. The summed E-state index contributed by atoms with van der Waals surface area (Å²) < 4.78 is 1.90. The lowest BCUT2D eigenvalue weighted by Gasteiger charge is -2.19. The lowest BCUT2D eigenvalue weighted by molar-refractivity contribution is 0.264. The Balaban J connectivity index is 2.20. The quantitative estimate of drug-likeness (QED) is 0.861. The first-order valence-corrected chi connectivity index (χ1v) is 7.58. The van der Waals surface area contributed by atoms with Crippen LogP contribution in [0.25, 0.3) is 5.69 Å². The Hall–Kier alpha value is -1.36. The number of nitrogens with one attached hydrogen (secondary N) is 1. The fourth-order valence-corrected chi connectivity index (χ4v) is 2.69. The predicted molar refractivity (Wildman–Crippen MR) is 86.0 cm³/mol. The van der Waals surface area contributed by atoms with Crippen LogP contribution in [0.4, 0.5) is 0 Å². The van der Waals surface area contributed by atoms with Crippen LogP contribution in [-0.2, 0) is 0 Å². The van der Waals surface area contributed by atoms with E-state index in [2.05, 4.69) is 31.2 Å². The van der Waals surface area contributed by atoms with Crippen molar-refractivity contribution in [2.45, 2.75) is 39.3 Å². The minimum atomic E-state index is 0.180. The maximum Gasteiger partial charge on any atom is 0.0663 e. The van der Waals surface area contributed by atoms with Gasteiger partial charge in [0.15, 0.2) is 0 Å². The highest BCUT2D eigenvalue weighted by atomic mass is 35.5. The minimum Gasteiger partial charge on any atom is -0.396 e. The van der Waals surface area contributed by atoms with Crippen LogP contribution in [0, 0.1) is 6.92 Å². The van der Waals surface area contributed by atoms with Crippen LogP contribution in [0.3, 0.4) is 0 Å². The van der Waals surface area contributed by atoms with E-state index in [-0.39, 0.29) is 18.7 Å². The molecule has 0 aliphatic carbocycles. The molecule has 0 fully saturated rings. The molecular weight excluding hydrogens is 286 g/mol. The second kappa shape index (κ2) is 7.07.